The van der Waals surface area contributed by atoms with Gasteiger partial charge in [0.05, 0.1) is 21.3 Å². The molecule has 2 aromatic carbocycles. The molecule has 0 fully saturated rings. The average molecular weight is 329 g/mol. The summed E-state index contributed by atoms with van der Waals surface area (Å²) in [6.07, 6.45) is 0.843. The van der Waals surface area contributed by atoms with Gasteiger partial charge in [-0.25, -0.2) is 0 Å². The van der Waals surface area contributed by atoms with Crippen molar-refractivity contribution in [2.45, 2.75) is 13.1 Å². The average Bonchev–Trinajstić information content (AvgIpc) is 2.61. The minimum Gasteiger partial charge on any atom is -0.497 e. The van der Waals surface area contributed by atoms with Crippen molar-refractivity contribution in [2.24, 2.45) is 0 Å². The predicted molar refractivity (Wildman–Crippen MR) is 93.1 cm³/mol. The normalized spacial score (nSPS) is 10.5. The molecule has 0 N–H and O–H groups in total. The summed E-state index contributed by atoms with van der Waals surface area (Å²) in [5.74, 6) is 2.32. The first kappa shape index (κ1) is 17.8. The van der Waals surface area contributed by atoms with Crippen LogP contribution in [-0.2, 0) is 13.1 Å². The number of nitrogens with zero attached hydrogens (tertiary/aromatic N) is 1. The number of carbonyl (C=O) groups excluding carboxylic acids is 1. The molecule has 0 aliphatic heterocycles. The van der Waals surface area contributed by atoms with Crippen molar-refractivity contribution in [2.75, 3.05) is 28.4 Å². The number of ether oxygens (including phenoxy) is 3. The molecule has 0 heterocycles. The van der Waals surface area contributed by atoms with Crippen LogP contribution in [-0.4, -0.2) is 39.6 Å². The fraction of sp³-hybridized carbons (Fsp3) is 0.316. The second kappa shape index (κ2) is 8.36. The molecule has 0 bridgehead atoms. The lowest BCUT2D eigenvalue weighted by Gasteiger charge is -2.20. The highest BCUT2D eigenvalue weighted by molar-refractivity contribution is 5.75. The summed E-state index contributed by atoms with van der Waals surface area (Å²) in [4.78, 5) is 13.1. The molecule has 2 aromatic rings. The molecule has 24 heavy (non-hydrogen) atoms. The van der Waals surface area contributed by atoms with Crippen LogP contribution >= 0.6 is 0 Å². The number of carbonyl (C=O) groups is 1. The smallest absolute Gasteiger partial charge is 0.150 e. The van der Waals surface area contributed by atoms with E-state index in [0.717, 1.165) is 34.7 Å². The molecule has 0 spiro atoms. The second-order valence-corrected chi connectivity index (χ2v) is 5.54. The topological polar surface area (TPSA) is 48.0 Å². The largest absolute Gasteiger partial charge is 0.497 e. The van der Waals surface area contributed by atoms with Crippen LogP contribution < -0.4 is 14.2 Å². The van der Waals surface area contributed by atoms with Crippen LogP contribution in [0.1, 0.15) is 21.5 Å². The fourth-order valence-corrected chi connectivity index (χ4v) is 2.62. The lowest BCUT2D eigenvalue weighted by Crippen LogP contribution is -2.18. The molecule has 0 atom stereocenters. The van der Waals surface area contributed by atoms with Crippen molar-refractivity contribution in [3.63, 3.8) is 0 Å². The molecular weight excluding hydrogens is 306 g/mol. The third kappa shape index (κ3) is 4.26. The maximum absolute atomic E-state index is 11.0. The molecule has 0 aromatic heterocycles. The Morgan fingerprint density at radius 2 is 1.58 bits per heavy atom. The van der Waals surface area contributed by atoms with Gasteiger partial charge in [0.25, 0.3) is 0 Å². The maximum Gasteiger partial charge on any atom is 0.150 e. The Morgan fingerprint density at radius 1 is 0.875 bits per heavy atom. The van der Waals surface area contributed by atoms with Gasteiger partial charge < -0.3 is 14.2 Å². The quantitative estimate of drug-likeness (QED) is 0.696. The van der Waals surface area contributed by atoms with Crippen molar-refractivity contribution in [1.29, 1.82) is 0 Å². The Labute approximate surface area is 142 Å². The Morgan fingerprint density at radius 3 is 2.21 bits per heavy atom. The molecule has 0 aliphatic rings. The third-order valence-electron chi connectivity index (χ3n) is 3.82. The number of hydrogen-bond donors (Lipinski definition) is 0. The second-order valence-electron chi connectivity index (χ2n) is 5.54. The van der Waals surface area contributed by atoms with Crippen molar-refractivity contribution in [3.8, 4) is 17.2 Å². The van der Waals surface area contributed by atoms with E-state index in [0.29, 0.717) is 18.7 Å². The lowest BCUT2D eigenvalue weighted by atomic mass is 10.1. The van der Waals surface area contributed by atoms with Gasteiger partial charge in [0.2, 0.25) is 0 Å². The van der Waals surface area contributed by atoms with Gasteiger partial charge in [0, 0.05) is 35.8 Å². The van der Waals surface area contributed by atoms with E-state index in [4.69, 9.17) is 14.2 Å². The van der Waals surface area contributed by atoms with Gasteiger partial charge in [0.15, 0.2) is 0 Å². The van der Waals surface area contributed by atoms with Gasteiger partial charge in [-0.15, -0.1) is 0 Å². The molecule has 0 saturated carbocycles. The van der Waals surface area contributed by atoms with Crippen LogP contribution in [0, 0.1) is 0 Å². The number of methoxy groups -OCH3 is 3. The molecule has 0 radical (unpaired) electrons. The molecule has 128 valence electrons. The summed E-state index contributed by atoms with van der Waals surface area (Å²) >= 11 is 0. The zero-order valence-electron chi connectivity index (χ0n) is 14.5. The van der Waals surface area contributed by atoms with Crippen LogP contribution in [0.15, 0.2) is 36.4 Å². The van der Waals surface area contributed by atoms with Crippen LogP contribution in [0.4, 0.5) is 0 Å². The van der Waals surface area contributed by atoms with Gasteiger partial charge in [-0.05, 0) is 31.3 Å². The first-order chi connectivity index (χ1) is 11.6. The maximum atomic E-state index is 11.0. The Bertz CT molecular complexity index is 700. The Kier molecular flexibility index (Phi) is 6.21. The first-order valence-electron chi connectivity index (χ1n) is 7.62. The molecule has 0 unspecified atom stereocenters. The number of benzene rings is 2. The molecule has 2 rings (SSSR count). The van der Waals surface area contributed by atoms with Gasteiger partial charge in [-0.2, -0.15) is 0 Å². The van der Waals surface area contributed by atoms with Crippen LogP contribution in [0.2, 0.25) is 0 Å². The van der Waals surface area contributed by atoms with Crippen LogP contribution in [0.3, 0.4) is 0 Å². The molecule has 5 heteroatoms. The van der Waals surface area contributed by atoms with E-state index in [1.165, 1.54) is 0 Å². The molecule has 5 nitrogen and oxygen atoms in total. The Balaban J connectivity index is 2.16. The highest BCUT2D eigenvalue weighted by Crippen LogP contribution is 2.27. The van der Waals surface area contributed by atoms with E-state index in [2.05, 4.69) is 4.90 Å². The third-order valence-corrected chi connectivity index (χ3v) is 3.82. The minimum atomic E-state index is 0.640. The molecular formula is C19H23NO4. The summed E-state index contributed by atoms with van der Waals surface area (Å²) in [7, 11) is 6.92. The van der Waals surface area contributed by atoms with E-state index in [9.17, 15) is 4.79 Å². The summed E-state index contributed by atoms with van der Waals surface area (Å²) < 4.78 is 16.1. The van der Waals surface area contributed by atoms with Crippen LogP contribution in [0.25, 0.3) is 0 Å². The van der Waals surface area contributed by atoms with Crippen molar-refractivity contribution in [1.82, 2.24) is 4.90 Å². The zero-order chi connectivity index (χ0) is 17.5. The molecule has 0 aliphatic carbocycles. The standard InChI is InChI=1S/C19H23NO4/c1-20(11-15-6-7-17(22-2)10-19(15)24-4)12-16-9-14(13-21)5-8-18(16)23-3/h5-10,13H,11-12H2,1-4H3. The minimum absolute atomic E-state index is 0.640. The van der Waals surface area contributed by atoms with Crippen molar-refractivity contribution in [3.05, 3.63) is 53.1 Å². The summed E-state index contributed by atoms with van der Waals surface area (Å²) in [5.41, 5.74) is 2.67. The van der Waals surface area contributed by atoms with Gasteiger partial charge in [-0.3, -0.25) is 9.69 Å². The van der Waals surface area contributed by atoms with Crippen molar-refractivity contribution >= 4 is 6.29 Å². The highest BCUT2D eigenvalue weighted by Gasteiger charge is 2.11. The monoisotopic (exact) mass is 329 g/mol. The Hall–Kier alpha value is -2.53. The van der Waals surface area contributed by atoms with E-state index in [1.807, 2.05) is 37.4 Å². The van der Waals surface area contributed by atoms with Gasteiger partial charge in [0.1, 0.15) is 23.5 Å². The fourth-order valence-electron chi connectivity index (χ4n) is 2.62. The van der Waals surface area contributed by atoms with E-state index in [1.54, 1.807) is 27.4 Å². The first-order valence-corrected chi connectivity index (χ1v) is 7.62. The predicted octanol–water partition coefficient (Wildman–Crippen LogP) is 3.16. The van der Waals surface area contributed by atoms with E-state index >= 15 is 0 Å². The molecule has 0 amide bonds. The highest BCUT2D eigenvalue weighted by atomic mass is 16.5. The van der Waals surface area contributed by atoms with Crippen LogP contribution in [0.5, 0.6) is 17.2 Å². The summed E-state index contributed by atoms with van der Waals surface area (Å²) in [6.45, 7) is 1.35. The zero-order valence-corrected chi connectivity index (χ0v) is 14.5. The lowest BCUT2D eigenvalue weighted by molar-refractivity contribution is 0.112. The van der Waals surface area contributed by atoms with Gasteiger partial charge >= 0.3 is 0 Å². The SMILES string of the molecule is COc1ccc(CN(C)Cc2cc(C=O)ccc2OC)c(OC)c1. The van der Waals surface area contributed by atoms with E-state index < -0.39 is 0 Å². The number of hydrogen-bond acceptors (Lipinski definition) is 5. The van der Waals surface area contributed by atoms with E-state index in [-0.39, 0.29) is 0 Å². The summed E-state index contributed by atoms with van der Waals surface area (Å²) in [6, 6.07) is 11.2. The summed E-state index contributed by atoms with van der Waals surface area (Å²) in [5, 5.41) is 0. The molecule has 0 saturated heterocycles. The number of aldehydes is 1. The van der Waals surface area contributed by atoms with Crippen molar-refractivity contribution < 1.29 is 19.0 Å². The van der Waals surface area contributed by atoms with Gasteiger partial charge in [-0.1, -0.05) is 6.07 Å². The number of rotatable bonds is 8.